The molecule has 1 fully saturated rings. The van der Waals surface area contributed by atoms with Gasteiger partial charge in [-0.3, -0.25) is 14.9 Å². The molecule has 9 heteroatoms. The highest BCUT2D eigenvalue weighted by Crippen LogP contribution is 2.29. The third-order valence-corrected chi connectivity index (χ3v) is 4.34. The maximum absolute atomic E-state index is 13.8. The maximum atomic E-state index is 13.8. The van der Waals surface area contributed by atoms with Crippen molar-refractivity contribution in [3.8, 4) is 11.5 Å². The van der Waals surface area contributed by atoms with Crippen LogP contribution in [0.3, 0.4) is 0 Å². The molecule has 0 bridgehead atoms. The number of amides is 1. The fourth-order valence-corrected chi connectivity index (χ4v) is 3.06. The molecule has 2 aromatic rings. The lowest BCUT2D eigenvalue weighted by Gasteiger charge is -2.07. The number of carbonyl (C=O) groups is 1. The number of benzene rings is 2. The van der Waals surface area contributed by atoms with E-state index in [2.05, 4.69) is 5.32 Å². The fraction of sp³-hybridized carbons (Fsp3) is 0. The average molecular weight is 376 g/mol. The van der Waals surface area contributed by atoms with Crippen LogP contribution in [0.2, 0.25) is 0 Å². The molecule has 0 saturated carbocycles. The van der Waals surface area contributed by atoms with E-state index in [1.807, 2.05) is 0 Å². The zero-order chi connectivity index (χ0) is 18.0. The number of thioether (sulfide) groups is 1. The highest BCUT2D eigenvalue weighted by Gasteiger charge is 2.21. The molecule has 1 amide bonds. The number of thiocarbonyl (C=S) groups is 1. The van der Waals surface area contributed by atoms with Crippen molar-refractivity contribution in [2.45, 2.75) is 0 Å². The molecule has 1 saturated heterocycles. The van der Waals surface area contributed by atoms with E-state index < -0.39 is 10.7 Å². The molecule has 0 spiro atoms. The van der Waals surface area contributed by atoms with Crippen molar-refractivity contribution in [2.24, 2.45) is 0 Å². The first-order valence-electron chi connectivity index (χ1n) is 6.89. The van der Waals surface area contributed by atoms with Gasteiger partial charge >= 0.3 is 0 Å². The van der Waals surface area contributed by atoms with Crippen LogP contribution in [0.5, 0.6) is 11.5 Å². The molecule has 0 atom stereocenters. The van der Waals surface area contributed by atoms with Crippen LogP contribution in [0.25, 0.3) is 6.08 Å². The first-order valence-corrected chi connectivity index (χ1v) is 8.11. The molecule has 1 aliphatic heterocycles. The molecule has 126 valence electrons. The normalized spacial score (nSPS) is 15.3. The van der Waals surface area contributed by atoms with Gasteiger partial charge < -0.3 is 10.1 Å². The Kier molecular flexibility index (Phi) is 4.77. The molecule has 1 heterocycles. The Balaban J connectivity index is 1.75. The number of halogens is 1. The van der Waals surface area contributed by atoms with E-state index in [1.54, 1.807) is 30.3 Å². The molecule has 6 nitrogen and oxygen atoms in total. The van der Waals surface area contributed by atoms with Crippen molar-refractivity contribution in [1.82, 2.24) is 5.32 Å². The second-order valence-electron chi connectivity index (χ2n) is 4.90. The first-order chi connectivity index (χ1) is 11.9. The molecule has 0 radical (unpaired) electrons. The minimum Gasteiger partial charge on any atom is -0.454 e. The van der Waals surface area contributed by atoms with Crippen LogP contribution in [0, 0.1) is 15.9 Å². The number of carbonyl (C=O) groups excluding carboxylic acids is 1. The molecular weight excluding hydrogens is 367 g/mol. The first kappa shape index (κ1) is 17.1. The number of hydrogen-bond acceptors (Lipinski definition) is 6. The van der Waals surface area contributed by atoms with E-state index >= 15 is 0 Å². The minimum absolute atomic E-state index is 0.118. The zero-order valence-corrected chi connectivity index (χ0v) is 14.0. The summed E-state index contributed by atoms with van der Waals surface area (Å²) in [5.74, 6) is -0.835. The Morgan fingerprint density at radius 1 is 1.24 bits per heavy atom. The molecule has 0 aromatic heterocycles. The monoisotopic (exact) mass is 376 g/mol. The lowest BCUT2D eigenvalue weighted by molar-refractivity contribution is -0.385. The fourth-order valence-electron chi connectivity index (χ4n) is 2.02. The van der Waals surface area contributed by atoms with Gasteiger partial charge in [-0.1, -0.05) is 36.1 Å². The molecule has 25 heavy (non-hydrogen) atoms. The summed E-state index contributed by atoms with van der Waals surface area (Å²) in [6.07, 6.45) is 1.68. The van der Waals surface area contributed by atoms with Crippen molar-refractivity contribution < 1.29 is 18.8 Å². The van der Waals surface area contributed by atoms with Crippen molar-refractivity contribution in [3.63, 3.8) is 0 Å². The Labute approximate surface area is 150 Å². The summed E-state index contributed by atoms with van der Waals surface area (Å²) in [6, 6.07) is 9.75. The Bertz CT molecular complexity index is 913. The van der Waals surface area contributed by atoms with Crippen LogP contribution < -0.4 is 10.1 Å². The molecule has 3 rings (SSSR count). The predicted octanol–water partition coefficient (Wildman–Crippen LogP) is 4.02. The largest absolute Gasteiger partial charge is 0.454 e. The van der Waals surface area contributed by atoms with Gasteiger partial charge in [-0.25, -0.2) is 4.39 Å². The molecule has 1 aliphatic rings. The summed E-state index contributed by atoms with van der Waals surface area (Å²) in [7, 11) is 0. The number of non-ortho nitro benzene ring substituents is 1. The van der Waals surface area contributed by atoms with Gasteiger partial charge in [-0.05, 0) is 29.8 Å². The van der Waals surface area contributed by atoms with Gasteiger partial charge in [-0.15, -0.1) is 0 Å². The van der Waals surface area contributed by atoms with Crippen molar-refractivity contribution >= 4 is 46.0 Å². The lowest BCUT2D eigenvalue weighted by Crippen LogP contribution is -2.17. The van der Waals surface area contributed by atoms with Crippen molar-refractivity contribution in [2.75, 3.05) is 0 Å². The smallest absolute Gasteiger partial charge is 0.272 e. The summed E-state index contributed by atoms with van der Waals surface area (Å²) in [4.78, 5) is 22.0. The molecule has 2 aromatic carbocycles. The third kappa shape index (κ3) is 4.01. The van der Waals surface area contributed by atoms with Gasteiger partial charge in [0.15, 0.2) is 11.6 Å². The Hall–Kier alpha value is -2.78. The van der Waals surface area contributed by atoms with E-state index in [-0.39, 0.29) is 17.3 Å². The third-order valence-electron chi connectivity index (χ3n) is 3.17. The SMILES string of the molecule is O=C1NC(=S)SC1=Cc1ccc(Oc2ccc([N+](=O)[O-])cc2F)cc1. The standard InChI is InChI=1S/C16H9FN2O4S2/c17-12-8-10(19(21)22)3-6-13(12)23-11-4-1-9(2-5-11)7-14-15(20)18-16(24)25-14/h1-8H,(H,18,20,24). The van der Waals surface area contributed by atoms with Gasteiger partial charge in [-0.2, -0.15) is 0 Å². The van der Waals surface area contributed by atoms with Crippen molar-refractivity contribution in [3.05, 3.63) is 68.9 Å². The highest BCUT2D eigenvalue weighted by molar-refractivity contribution is 8.26. The van der Waals surface area contributed by atoms with E-state index in [9.17, 15) is 19.3 Å². The predicted molar refractivity (Wildman–Crippen MR) is 95.9 cm³/mol. The molecule has 1 N–H and O–H groups in total. The summed E-state index contributed by atoms with van der Waals surface area (Å²) >= 11 is 6.09. The minimum atomic E-state index is -0.826. The van der Waals surface area contributed by atoms with Gasteiger partial charge in [0, 0.05) is 6.07 Å². The maximum Gasteiger partial charge on any atom is 0.272 e. The van der Waals surface area contributed by atoms with Gasteiger partial charge in [0.2, 0.25) is 0 Å². The van der Waals surface area contributed by atoms with Crippen LogP contribution in [-0.2, 0) is 4.79 Å². The van der Waals surface area contributed by atoms with Crippen LogP contribution in [0.1, 0.15) is 5.56 Å². The molecular formula is C16H9FN2O4S2. The summed E-state index contributed by atoms with van der Waals surface area (Å²) < 4.78 is 19.6. The van der Waals surface area contributed by atoms with Crippen LogP contribution >= 0.6 is 24.0 Å². The van der Waals surface area contributed by atoms with E-state index in [4.69, 9.17) is 17.0 Å². The molecule has 0 unspecified atom stereocenters. The Morgan fingerprint density at radius 2 is 1.96 bits per heavy atom. The topological polar surface area (TPSA) is 81.5 Å². The summed E-state index contributed by atoms with van der Waals surface area (Å²) in [6.45, 7) is 0. The number of rotatable bonds is 4. The highest BCUT2D eigenvalue weighted by atomic mass is 32.2. The van der Waals surface area contributed by atoms with Crippen LogP contribution in [0.4, 0.5) is 10.1 Å². The second kappa shape index (κ2) is 6.99. The number of nitrogens with zero attached hydrogens (tertiary/aromatic N) is 1. The number of nitrogens with one attached hydrogen (secondary N) is 1. The van der Waals surface area contributed by atoms with Crippen molar-refractivity contribution in [1.29, 1.82) is 0 Å². The van der Waals surface area contributed by atoms with Crippen LogP contribution in [0.15, 0.2) is 47.4 Å². The number of hydrogen-bond donors (Lipinski definition) is 1. The van der Waals surface area contributed by atoms with E-state index in [0.29, 0.717) is 15.0 Å². The molecule has 0 aliphatic carbocycles. The summed E-state index contributed by atoms with van der Waals surface area (Å²) in [5, 5.41) is 13.1. The number of ether oxygens (including phenoxy) is 1. The van der Waals surface area contributed by atoms with Crippen LogP contribution in [-0.4, -0.2) is 15.2 Å². The van der Waals surface area contributed by atoms with Gasteiger partial charge in [0.1, 0.15) is 10.1 Å². The number of nitro groups is 1. The van der Waals surface area contributed by atoms with Gasteiger partial charge in [0.05, 0.1) is 15.9 Å². The van der Waals surface area contributed by atoms with E-state index in [0.717, 1.165) is 17.7 Å². The lowest BCUT2D eigenvalue weighted by atomic mass is 10.2. The van der Waals surface area contributed by atoms with E-state index in [1.165, 1.54) is 17.8 Å². The quantitative estimate of drug-likeness (QED) is 0.376. The summed E-state index contributed by atoms with van der Waals surface area (Å²) in [5.41, 5.74) is 0.399. The Morgan fingerprint density at radius 3 is 2.52 bits per heavy atom. The average Bonchev–Trinajstić information content (AvgIpc) is 2.88. The van der Waals surface area contributed by atoms with Gasteiger partial charge in [0.25, 0.3) is 11.6 Å². The second-order valence-corrected chi connectivity index (χ2v) is 6.61. The zero-order valence-electron chi connectivity index (χ0n) is 12.4. The number of nitro benzene ring substituents is 1.